The molecule has 1 fully saturated rings. The Morgan fingerprint density at radius 1 is 1.07 bits per heavy atom. The highest BCUT2D eigenvalue weighted by atomic mass is 19.1. The van der Waals surface area contributed by atoms with E-state index in [1.165, 1.54) is 24.3 Å². The van der Waals surface area contributed by atoms with Crippen LogP contribution in [0.2, 0.25) is 0 Å². The number of halogens is 2. The molecule has 3 aromatic rings. The lowest BCUT2D eigenvalue weighted by Gasteiger charge is -2.31. The van der Waals surface area contributed by atoms with Gasteiger partial charge in [0.05, 0.1) is 12.3 Å². The highest BCUT2D eigenvalue weighted by Crippen LogP contribution is 2.28. The molecular weight excluding hydrogens is 364 g/mol. The second kappa shape index (κ2) is 7.88. The van der Waals surface area contributed by atoms with Gasteiger partial charge in [0.15, 0.2) is 0 Å². The molecule has 1 aliphatic rings. The second-order valence-electron chi connectivity index (χ2n) is 6.95. The zero-order valence-corrected chi connectivity index (χ0v) is 15.1. The van der Waals surface area contributed by atoms with Crippen molar-refractivity contribution in [1.82, 2.24) is 15.0 Å². The molecule has 5 nitrogen and oxygen atoms in total. The molecule has 7 heteroatoms. The Balaban J connectivity index is 1.43. The largest absolute Gasteiger partial charge is 0.342 e. The number of benzene rings is 2. The average molecular weight is 383 g/mol. The van der Waals surface area contributed by atoms with Crippen LogP contribution < -0.4 is 0 Å². The summed E-state index contributed by atoms with van der Waals surface area (Å²) in [6.45, 7) is 1.18. The van der Waals surface area contributed by atoms with Crippen molar-refractivity contribution < 1.29 is 18.1 Å². The van der Waals surface area contributed by atoms with Crippen LogP contribution in [0.5, 0.6) is 0 Å². The molecule has 4 rings (SSSR count). The number of aromatic nitrogens is 2. The lowest BCUT2D eigenvalue weighted by Crippen LogP contribution is -2.40. The van der Waals surface area contributed by atoms with Gasteiger partial charge in [-0.05, 0) is 54.8 Å². The first-order chi connectivity index (χ1) is 13.6. The van der Waals surface area contributed by atoms with Gasteiger partial charge < -0.3 is 9.42 Å². The summed E-state index contributed by atoms with van der Waals surface area (Å²) < 4.78 is 31.5. The van der Waals surface area contributed by atoms with E-state index in [1.54, 1.807) is 29.2 Å². The summed E-state index contributed by atoms with van der Waals surface area (Å²) in [6, 6.07) is 11.9. The van der Waals surface area contributed by atoms with Crippen LogP contribution in [-0.2, 0) is 11.2 Å². The van der Waals surface area contributed by atoms with E-state index in [2.05, 4.69) is 10.1 Å². The average Bonchev–Trinajstić information content (AvgIpc) is 3.21. The summed E-state index contributed by atoms with van der Waals surface area (Å²) in [5, 5.41) is 3.99. The molecule has 1 aromatic heterocycles. The Morgan fingerprint density at radius 2 is 1.75 bits per heavy atom. The molecule has 28 heavy (non-hydrogen) atoms. The summed E-state index contributed by atoms with van der Waals surface area (Å²) in [6.07, 6.45) is 1.93. The number of piperidine rings is 1. The van der Waals surface area contributed by atoms with Crippen LogP contribution in [-0.4, -0.2) is 34.0 Å². The summed E-state index contributed by atoms with van der Waals surface area (Å²) in [7, 11) is 0. The maximum atomic E-state index is 13.1. The number of likely N-dealkylation sites (tertiary alicyclic amines) is 1. The third-order valence-corrected chi connectivity index (χ3v) is 4.94. The second-order valence-corrected chi connectivity index (χ2v) is 6.95. The first-order valence-corrected chi connectivity index (χ1v) is 9.20. The summed E-state index contributed by atoms with van der Waals surface area (Å²) in [4.78, 5) is 18.9. The van der Waals surface area contributed by atoms with Crippen molar-refractivity contribution in [2.45, 2.75) is 25.2 Å². The van der Waals surface area contributed by atoms with E-state index < -0.39 is 0 Å². The van der Waals surface area contributed by atoms with Crippen LogP contribution in [0.25, 0.3) is 11.4 Å². The molecule has 2 heterocycles. The van der Waals surface area contributed by atoms with E-state index in [4.69, 9.17) is 4.52 Å². The number of amides is 1. The zero-order valence-electron chi connectivity index (χ0n) is 15.1. The minimum absolute atomic E-state index is 0.00502. The van der Waals surface area contributed by atoms with Gasteiger partial charge in [-0.3, -0.25) is 4.79 Å². The van der Waals surface area contributed by atoms with Crippen LogP contribution in [0, 0.1) is 11.6 Å². The quantitative estimate of drug-likeness (QED) is 0.684. The minimum atomic E-state index is -0.324. The van der Waals surface area contributed by atoms with Crippen LogP contribution in [0.4, 0.5) is 8.78 Å². The Bertz CT molecular complexity index is 955. The van der Waals surface area contributed by atoms with Crippen LogP contribution in [0.1, 0.15) is 30.2 Å². The van der Waals surface area contributed by atoms with Gasteiger partial charge in [-0.1, -0.05) is 17.3 Å². The Morgan fingerprint density at radius 3 is 2.46 bits per heavy atom. The van der Waals surface area contributed by atoms with E-state index in [1.807, 2.05) is 0 Å². The summed E-state index contributed by atoms with van der Waals surface area (Å²) in [5.74, 6) is 0.211. The SMILES string of the molecule is O=C(Cc1ccc(F)cc1)N1CCCC(c2nc(-c3ccc(F)cc3)no2)C1. The van der Waals surface area contributed by atoms with Gasteiger partial charge in [-0.2, -0.15) is 4.98 Å². The molecule has 2 aromatic carbocycles. The van der Waals surface area contributed by atoms with Gasteiger partial charge in [-0.25, -0.2) is 8.78 Å². The normalized spacial score (nSPS) is 16.9. The number of nitrogens with zero attached hydrogens (tertiary/aromatic N) is 3. The fraction of sp³-hybridized carbons (Fsp3) is 0.286. The van der Waals surface area contributed by atoms with Gasteiger partial charge in [0.1, 0.15) is 11.6 Å². The van der Waals surface area contributed by atoms with Crippen LogP contribution in [0.3, 0.4) is 0 Å². The molecule has 0 aliphatic carbocycles. The van der Waals surface area contributed by atoms with E-state index in [-0.39, 0.29) is 29.9 Å². The zero-order chi connectivity index (χ0) is 19.5. The van der Waals surface area contributed by atoms with E-state index in [0.717, 1.165) is 18.4 Å². The van der Waals surface area contributed by atoms with Crippen LogP contribution >= 0.6 is 0 Å². The van der Waals surface area contributed by atoms with Crippen molar-refractivity contribution in [1.29, 1.82) is 0 Å². The van der Waals surface area contributed by atoms with Crippen molar-refractivity contribution in [3.8, 4) is 11.4 Å². The Kier molecular flexibility index (Phi) is 5.14. The third-order valence-electron chi connectivity index (χ3n) is 4.94. The van der Waals surface area contributed by atoms with Gasteiger partial charge in [0.25, 0.3) is 0 Å². The first-order valence-electron chi connectivity index (χ1n) is 9.20. The Hall–Kier alpha value is -3.09. The van der Waals surface area contributed by atoms with Gasteiger partial charge in [0.2, 0.25) is 17.6 Å². The van der Waals surface area contributed by atoms with Gasteiger partial charge in [-0.15, -0.1) is 0 Å². The van der Waals surface area contributed by atoms with Crippen molar-refractivity contribution in [3.63, 3.8) is 0 Å². The first kappa shape index (κ1) is 18.3. The highest BCUT2D eigenvalue weighted by Gasteiger charge is 2.28. The predicted octanol–water partition coefficient (Wildman–Crippen LogP) is 3.96. The van der Waals surface area contributed by atoms with Crippen molar-refractivity contribution in [2.24, 2.45) is 0 Å². The monoisotopic (exact) mass is 383 g/mol. The molecular formula is C21H19F2N3O2. The van der Waals surface area contributed by atoms with E-state index >= 15 is 0 Å². The molecule has 1 unspecified atom stereocenters. The molecule has 0 N–H and O–H groups in total. The summed E-state index contributed by atoms with van der Waals surface area (Å²) in [5.41, 5.74) is 1.46. The number of hydrogen-bond donors (Lipinski definition) is 0. The van der Waals surface area contributed by atoms with Crippen molar-refractivity contribution in [3.05, 3.63) is 71.6 Å². The number of hydrogen-bond acceptors (Lipinski definition) is 4. The van der Waals surface area contributed by atoms with Crippen LogP contribution in [0.15, 0.2) is 53.1 Å². The van der Waals surface area contributed by atoms with Gasteiger partial charge >= 0.3 is 0 Å². The number of carbonyl (C=O) groups is 1. The number of rotatable bonds is 4. The Labute approximate surface area is 161 Å². The van der Waals surface area contributed by atoms with Crippen molar-refractivity contribution in [2.75, 3.05) is 13.1 Å². The molecule has 144 valence electrons. The molecule has 1 saturated heterocycles. The lowest BCUT2D eigenvalue weighted by atomic mass is 9.97. The van der Waals surface area contributed by atoms with Crippen molar-refractivity contribution >= 4 is 5.91 Å². The molecule has 0 bridgehead atoms. The maximum absolute atomic E-state index is 13.1. The highest BCUT2D eigenvalue weighted by molar-refractivity contribution is 5.79. The molecule has 0 saturated carbocycles. The standard InChI is InChI=1S/C21H19F2N3O2/c22-17-7-3-14(4-8-17)12-19(27)26-11-1-2-16(13-26)21-24-20(25-28-21)15-5-9-18(23)10-6-15/h3-10,16H,1-2,11-13H2. The van der Waals surface area contributed by atoms with E-state index in [9.17, 15) is 13.6 Å². The molecule has 1 aliphatic heterocycles. The fourth-order valence-corrected chi connectivity index (χ4v) is 3.41. The lowest BCUT2D eigenvalue weighted by molar-refractivity contribution is -0.131. The molecule has 1 amide bonds. The molecule has 0 spiro atoms. The minimum Gasteiger partial charge on any atom is -0.342 e. The molecule has 0 radical (unpaired) electrons. The van der Waals surface area contributed by atoms with Gasteiger partial charge in [0, 0.05) is 18.7 Å². The summed E-state index contributed by atoms with van der Waals surface area (Å²) >= 11 is 0. The topological polar surface area (TPSA) is 59.2 Å². The molecule has 1 atom stereocenters. The van der Waals surface area contributed by atoms with E-state index in [0.29, 0.717) is 30.4 Å². The number of carbonyl (C=O) groups excluding carboxylic acids is 1. The smallest absolute Gasteiger partial charge is 0.231 e. The fourth-order valence-electron chi connectivity index (χ4n) is 3.41. The maximum Gasteiger partial charge on any atom is 0.231 e. The third kappa shape index (κ3) is 4.08. The predicted molar refractivity (Wildman–Crippen MR) is 98.4 cm³/mol.